The van der Waals surface area contributed by atoms with Crippen molar-refractivity contribution in [3.05, 3.63) is 17.5 Å². The zero-order chi connectivity index (χ0) is 20.2. The number of hydrogen-bond donors (Lipinski definition) is 2. The van der Waals surface area contributed by atoms with E-state index in [4.69, 9.17) is 4.52 Å². The number of aromatic nitrogens is 1. The minimum absolute atomic E-state index is 0. The first kappa shape index (κ1) is 26.2. The summed E-state index contributed by atoms with van der Waals surface area (Å²) < 4.78 is 5.47. The first-order valence-corrected chi connectivity index (χ1v) is 11.0. The Labute approximate surface area is 194 Å². The van der Waals surface area contributed by atoms with E-state index in [1.165, 1.54) is 39.1 Å². The maximum absolute atomic E-state index is 5.47. The summed E-state index contributed by atoms with van der Waals surface area (Å²) >= 11 is 0. The van der Waals surface area contributed by atoms with E-state index < -0.39 is 0 Å². The molecule has 8 heteroatoms. The zero-order valence-corrected chi connectivity index (χ0v) is 21.1. The monoisotopic (exact) mass is 520 g/mol. The number of nitrogens with one attached hydrogen (secondary N) is 2. The molecule has 0 amide bonds. The Morgan fingerprint density at radius 3 is 2.52 bits per heavy atom. The minimum Gasteiger partial charge on any atom is -0.359 e. The summed E-state index contributed by atoms with van der Waals surface area (Å²) in [5.74, 6) is 2.16. The van der Waals surface area contributed by atoms with Gasteiger partial charge in [-0.2, -0.15) is 0 Å². The fourth-order valence-corrected chi connectivity index (χ4v) is 3.54. The highest BCUT2D eigenvalue weighted by atomic mass is 127. The normalized spacial score (nSPS) is 16.1. The molecule has 1 fully saturated rings. The number of hydrogen-bond acceptors (Lipinski definition) is 5. The smallest absolute Gasteiger partial charge is 0.191 e. The van der Waals surface area contributed by atoms with Crippen LogP contribution in [0.3, 0.4) is 0 Å². The molecule has 1 aromatic heterocycles. The Hall–Kier alpha value is -0.870. The number of nitrogens with zero attached hydrogens (tertiary/aromatic N) is 4. The van der Waals surface area contributed by atoms with Crippen LogP contribution in [0, 0.1) is 0 Å². The van der Waals surface area contributed by atoms with E-state index in [2.05, 4.69) is 64.5 Å². The van der Waals surface area contributed by atoms with Crippen LogP contribution in [-0.2, 0) is 6.54 Å². The van der Waals surface area contributed by atoms with Gasteiger partial charge in [0, 0.05) is 51.3 Å². The first-order valence-electron chi connectivity index (χ1n) is 11.0. The molecule has 0 bridgehead atoms. The van der Waals surface area contributed by atoms with Gasteiger partial charge in [0.2, 0.25) is 0 Å². The van der Waals surface area contributed by atoms with Crippen molar-refractivity contribution in [3.8, 4) is 0 Å². The minimum atomic E-state index is 0. The maximum atomic E-state index is 5.47. The largest absolute Gasteiger partial charge is 0.359 e. The van der Waals surface area contributed by atoms with Gasteiger partial charge >= 0.3 is 0 Å². The highest BCUT2D eigenvalue weighted by molar-refractivity contribution is 14.0. The molecule has 0 aromatic carbocycles. The molecule has 1 aliphatic heterocycles. The van der Waals surface area contributed by atoms with Crippen molar-refractivity contribution >= 4 is 29.9 Å². The molecule has 1 aromatic rings. The van der Waals surface area contributed by atoms with Crippen molar-refractivity contribution in [2.24, 2.45) is 4.99 Å². The van der Waals surface area contributed by atoms with Crippen LogP contribution in [-0.4, -0.2) is 73.8 Å². The third kappa shape index (κ3) is 9.65. The number of halogens is 1. The summed E-state index contributed by atoms with van der Waals surface area (Å²) in [4.78, 5) is 9.62. The third-order valence-corrected chi connectivity index (χ3v) is 5.51. The van der Waals surface area contributed by atoms with Crippen LogP contribution in [0.25, 0.3) is 0 Å². The van der Waals surface area contributed by atoms with Crippen LogP contribution in [0.4, 0.5) is 0 Å². The van der Waals surface area contributed by atoms with Crippen molar-refractivity contribution in [2.45, 2.75) is 58.9 Å². The average molecular weight is 521 g/mol. The molecule has 1 saturated heterocycles. The number of unbranched alkanes of at least 4 members (excludes halogenated alkanes) is 1. The SMILES string of the molecule is CCNC(=NCc1cc(C(CC)CC)no1)NCCCCN1CCN(C)CC1.I. The Kier molecular flexibility index (Phi) is 13.5. The van der Waals surface area contributed by atoms with E-state index >= 15 is 0 Å². The predicted molar refractivity (Wildman–Crippen MR) is 131 cm³/mol. The lowest BCUT2D eigenvalue weighted by molar-refractivity contribution is 0.152. The van der Waals surface area contributed by atoms with Gasteiger partial charge in [0.25, 0.3) is 0 Å². The van der Waals surface area contributed by atoms with Gasteiger partial charge in [0.15, 0.2) is 11.7 Å². The fourth-order valence-electron chi connectivity index (χ4n) is 3.54. The van der Waals surface area contributed by atoms with Gasteiger partial charge in [-0.25, -0.2) is 4.99 Å². The Balaban J connectivity index is 0.00000420. The first-order chi connectivity index (χ1) is 13.7. The fraction of sp³-hybridized carbons (Fsp3) is 0.810. The lowest BCUT2D eigenvalue weighted by Crippen LogP contribution is -2.44. The molecule has 7 nitrogen and oxygen atoms in total. The lowest BCUT2D eigenvalue weighted by atomic mass is 9.99. The highest BCUT2D eigenvalue weighted by Gasteiger charge is 2.13. The summed E-state index contributed by atoms with van der Waals surface area (Å²) in [6.07, 6.45) is 4.54. The number of aliphatic imine (C=N–C) groups is 1. The molecule has 2 heterocycles. The lowest BCUT2D eigenvalue weighted by Gasteiger charge is -2.32. The molecule has 0 spiro atoms. The van der Waals surface area contributed by atoms with Crippen molar-refractivity contribution in [2.75, 3.05) is 52.9 Å². The molecule has 1 aliphatic rings. The zero-order valence-electron chi connectivity index (χ0n) is 18.7. The summed E-state index contributed by atoms with van der Waals surface area (Å²) in [6.45, 7) is 14.8. The molecule has 2 rings (SSSR count). The third-order valence-electron chi connectivity index (χ3n) is 5.51. The molecule has 2 N–H and O–H groups in total. The molecule has 0 radical (unpaired) electrons. The standard InChI is InChI=1S/C21H40N6O.HI/c1-5-18(6-2)20-16-19(28-25-20)17-24-21(22-7-3)23-10-8-9-11-27-14-12-26(4)13-15-27;/h16,18H,5-15,17H2,1-4H3,(H2,22,23,24);1H. The van der Waals surface area contributed by atoms with Gasteiger partial charge in [-0.1, -0.05) is 19.0 Å². The van der Waals surface area contributed by atoms with E-state index in [-0.39, 0.29) is 24.0 Å². The molecule has 0 aliphatic carbocycles. The van der Waals surface area contributed by atoms with Crippen LogP contribution in [0.5, 0.6) is 0 Å². The Morgan fingerprint density at radius 2 is 1.86 bits per heavy atom. The molecule has 29 heavy (non-hydrogen) atoms. The van der Waals surface area contributed by atoms with E-state index in [1.807, 2.05) is 0 Å². The number of rotatable bonds is 11. The second kappa shape index (κ2) is 15.0. The summed E-state index contributed by atoms with van der Waals surface area (Å²) in [5, 5.41) is 11.0. The van der Waals surface area contributed by atoms with Crippen molar-refractivity contribution in [3.63, 3.8) is 0 Å². The van der Waals surface area contributed by atoms with Crippen molar-refractivity contribution in [1.82, 2.24) is 25.6 Å². The number of guanidine groups is 1. The quantitative estimate of drug-likeness (QED) is 0.202. The van der Waals surface area contributed by atoms with Gasteiger partial charge in [0.1, 0.15) is 6.54 Å². The van der Waals surface area contributed by atoms with Gasteiger partial charge in [0.05, 0.1) is 5.69 Å². The van der Waals surface area contributed by atoms with Gasteiger partial charge in [-0.15, -0.1) is 24.0 Å². The summed E-state index contributed by atoms with van der Waals surface area (Å²) in [5.41, 5.74) is 1.05. The summed E-state index contributed by atoms with van der Waals surface area (Å²) in [7, 11) is 2.20. The van der Waals surface area contributed by atoms with Crippen LogP contribution < -0.4 is 10.6 Å². The average Bonchev–Trinajstić information content (AvgIpc) is 3.17. The second-order valence-corrected chi connectivity index (χ2v) is 7.71. The highest BCUT2D eigenvalue weighted by Crippen LogP contribution is 2.22. The van der Waals surface area contributed by atoms with Crippen molar-refractivity contribution in [1.29, 1.82) is 0 Å². The van der Waals surface area contributed by atoms with E-state index in [0.29, 0.717) is 12.5 Å². The Bertz CT molecular complexity index is 567. The number of likely N-dealkylation sites (N-methyl/N-ethyl adjacent to an activating group) is 1. The van der Waals surface area contributed by atoms with Gasteiger partial charge < -0.3 is 25.0 Å². The molecule has 0 saturated carbocycles. The van der Waals surface area contributed by atoms with E-state index in [9.17, 15) is 0 Å². The molecular weight excluding hydrogens is 479 g/mol. The van der Waals surface area contributed by atoms with Crippen LogP contribution in [0.2, 0.25) is 0 Å². The summed E-state index contributed by atoms with van der Waals surface area (Å²) in [6, 6.07) is 2.06. The number of piperazine rings is 1. The van der Waals surface area contributed by atoms with E-state index in [0.717, 1.165) is 49.8 Å². The maximum Gasteiger partial charge on any atom is 0.191 e. The predicted octanol–water partition coefficient (Wildman–Crippen LogP) is 3.28. The van der Waals surface area contributed by atoms with Crippen LogP contribution >= 0.6 is 24.0 Å². The van der Waals surface area contributed by atoms with E-state index in [1.54, 1.807) is 0 Å². The second-order valence-electron chi connectivity index (χ2n) is 7.71. The van der Waals surface area contributed by atoms with Gasteiger partial charge in [-0.05, 0) is 46.2 Å². The van der Waals surface area contributed by atoms with Crippen LogP contribution in [0.15, 0.2) is 15.6 Å². The Morgan fingerprint density at radius 1 is 1.14 bits per heavy atom. The van der Waals surface area contributed by atoms with Crippen molar-refractivity contribution < 1.29 is 4.52 Å². The van der Waals surface area contributed by atoms with Gasteiger partial charge in [-0.3, -0.25) is 0 Å². The topological polar surface area (TPSA) is 68.9 Å². The molecule has 168 valence electrons. The van der Waals surface area contributed by atoms with Crippen LogP contribution in [0.1, 0.15) is 63.8 Å². The molecular formula is C21H41IN6O. The molecule has 0 unspecified atom stereocenters. The molecule has 0 atom stereocenters.